The highest BCUT2D eigenvalue weighted by Gasteiger charge is 2.15. The molecule has 2 rings (SSSR count). The van der Waals surface area contributed by atoms with Crippen LogP contribution in [0.25, 0.3) is 0 Å². The summed E-state index contributed by atoms with van der Waals surface area (Å²) in [6, 6.07) is 8.80. The topological polar surface area (TPSA) is 55.1 Å². The largest absolute Gasteiger partial charge is 0.351 e. The molecule has 0 aliphatic rings. The van der Waals surface area contributed by atoms with Crippen LogP contribution in [0.15, 0.2) is 34.9 Å². The van der Waals surface area contributed by atoms with Gasteiger partial charge in [0, 0.05) is 11.1 Å². The Morgan fingerprint density at radius 1 is 1.39 bits per heavy atom. The summed E-state index contributed by atoms with van der Waals surface area (Å²) < 4.78 is 4.90. The fraction of sp³-hybridized carbons (Fsp3) is 0.231. The first-order valence-corrected chi connectivity index (χ1v) is 5.93. The lowest BCUT2D eigenvalue weighted by Crippen LogP contribution is -2.26. The van der Waals surface area contributed by atoms with Gasteiger partial charge in [-0.25, -0.2) is 0 Å². The summed E-state index contributed by atoms with van der Waals surface area (Å²) in [5.41, 5.74) is 1.66. The van der Waals surface area contributed by atoms with E-state index in [1.165, 1.54) is 0 Å². The maximum Gasteiger partial charge on any atom is 0.290 e. The molecule has 5 heteroatoms. The van der Waals surface area contributed by atoms with E-state index in [4.69, 9.17) is 16.1 Å². The molecule has 0 aliphatic heterocycles. The number of aryl methyl sites for hydroxylation is 1. The van der Waals surface area contributed by atoms with Crippen molar-refractivity contribution in [3.63, 3.8) is 0 Å². The van der Waals surface area contributed by atoms with Crippen LogP contribution in [0.3, 0.4) is 0 Å². The molecule has 0 saturated carbocycles. The number of rotatable bonds is 3. The number of carbonyl (C=O) groups is 1. The normalized spacial score (nSPS) is 12.2. The third-order valence-electron chi connectivity index (χ3n) is 2.57. The van der Waals surface area contributed by atoms with Crippen molar-refractivity contribution in [1.82, 2.24) is 10.5 Å². The Hall–Kier alpha value is -1.81. The van der Waals surface area contributed by atoms with Gasteiger partial charge in [0.1, 0.15) is 0 Å². The molecule has 0 bridgehead atoms. The highest BCUT2D eigenvalue weighted by Crippen LogP contribution is 2.16. The van der Waals surface area contributed by atoms with Crippen molar-refractivity contribution in [1.29, 1.82) is 0 Å². The fourth-order valence-electron chi connectivity index (χ4n) is 1.57. The monoisotopic (exact) mass is 264 g/mol. The van der Waals surface area contributed by atoms with E-state index in [0.717, 1.165) is 5.56 Å². The Morgan fingerprint density at radius 3 is 2.61 bits per heavy atom. The van der Waals surface area contributed by atoms with Crippen LogP contribution in [0.2, 0.25) is 5.02 Å². The predicted molar refractivity (Wildman–Crippen MR) is 68.6 cm³/mol. The van der Waals surface area contributed by atoms with E-state index in [9.17, 15) is 4.79 Å². The molecule has 94 valence electrons. The molecule has 0 spiro atoms. The maximum absolute atomic E-state index is 11.8. The third-order valence-corrected chi connectivity index (χ3v) is 2.82. The minimum Gasteiger partial charge on any atom is -0.351 e. The zero-order chi connectivity index (χ0) is 13.1. The first kappa shape index (κ1) is 12.6. The van der Waals surface area contributed by atoms with Gasteiger partial charge < -0.3 is 9.84 Å². The molecule has 18 heavy (non-hydrogen) atoms. The van der Waals surface area contributed by atoms with Crippen molar-refractivity contribution in [2.24, 2.45) is 0 Å². The zero-order valence-electron chi connectivity index (χ0n) is 10.1. The number of amides is 1. The number of nitrogens with zero attached hydrogens (tertiary/aromatic N) is 1. The maximum atomic E-state index is 11.8. The lowest BCUT2D eigenvalue weighted by atomic mass is 10.1. The second-order valence-electron chi connectivity index (χ2n) is 4.08. The first-order chi connectivity index (χ1) is 8.56. The van der Waals surface area contributed by atoms with E-state index in [-0.39, 0.29) is 17.7 Å². The molecule has 1 amide bonds. The van der Waals surface area contributed by atoms with Gasteiger partial charge in [-0.15, -0.1) is 0 Å². The number of nitrogens with one attached hydrogen (secondary N) is 1. The van der Waals surface area contributed by atoms with Crippen molar-refractivity contribution >= 4 is 17.5 Å². The zero-order valence-corrected chi connectivity index (χ0v) is 10.9. The van der Waals surface area contributed by atoms with Crippen molar-refractivity contribution in [2.75, 3.05) is 0 Å². The summed E-state index contributed by atoms with van der Waals surface area (Å²) in [6.45, 7) is 3.66. The van der Waals surface area contributed by atoms with Gasteiger partial charge >= 0.3 is 0 Å². The van der Waals surface area contributed by atoms with Gasteiger partial charge in [-0.2, -0.15) is 0 Å². The molecule has 0 radical (unpaired) electrons. The average Bonchev–Trinajstić information content (AvgIpc) is 2.76. The van der Waals surface area contributed by atoms with Crippen LogP contribution in [0.4, 0.5) is 0 Å². The SMILES string of the molecule is Cc1cc(C(=O)NC(C)c2ccc(Cl)cc2)on1. The lowest BCUT2D eigenvalue weighted by Gasteiger charge is -2.12. The second-order valence-corrected chi connectivity index (χ2v) is 4.52. The summed E-state index contributed by atoms with van der Waals surface area (Å²) in [5.74, 6) is -0.0636. The highest BCUT2D eigenvalue weighted by molar-refractivity contribution is 6.30. The van der Waals surface area contributed by atoms with Gasteiger partial charge in [0.15, 0.2) is 0 Å². The van der Waals surface area contributed by atoms with E-state index in [1.54, 1.807) is 25.1 Å². The van der Waals surface area contributed by atoms with E-state index in [1.807, 2.05) is 19.1 Å². The van der Waals surface area contributed by atoms with Crippen LogP contribution in [0, 0.1) is 6.92 Å². The van der Waals surface area contributed by atoms with Gasteiger partial charge in [0.2, 0.25) is 5.76 Å². The third kappa shape index (κ3) is 2.90. The smallest absolute Gasteiger partial charge is 0.290 e. The van der Waals surface area contributed by atoms with E-state index < -0.39 is 0 Å². The van der Waals surface area contributed by atoms with Crippen LogP contribution in [0.5, 0.6) is 0 Å². The summed E-state index contributed by atoms with van der Waals surface area (Å²) in [5, 5.41) is 7.18. The Morgan fingerprint density at radius 2 is 2.06 bits per heavy atom. The summed E-state index contributed by atoms with van der Waals surface area (Å²) in [6.07, 6.45) is 0. The Kier molecular flexibility index (Phi) is 3.67. The lowest BCUT2D eigenvalue weighted by molar-refractivity contribution is 0.0902. The van der Waals surface area contributed by atoms with E-state index >= 15 is 0 Å². The van der Waals surface area contributed by atoms with Crippen molar-refractivity contribution in [3.8, 4) is 0 Å². The number of benzene rings is 1. The van der Waals surface area contributed by atoms with Gasteiger partial charge in [0.05, 0.1) is 11.7 Å². The number of hydrogen-bond acceptors (Lipinski definition) is 3. The summed E-state index contributed by atoms with van der Waals surface area (Å²) in [4.78, 5) is 11.8. The fourth-order valence-corrected chi connectivity index (χ4v) is 1.70. The molecule has 2 aromatic rings. The molecule has 4 nitrogen and oxygen atoms in total. The molecule has 0 fully saturated rings. The summed E-state index contributed by atoms with van der Waals surface area (Å²) in [7, 11) is 0. The van der Waals surface area contributed by atoms with E-state index in [2.05, 4.69) is 10.5 Å². The number of aromatic nitrogens is 1. The molecule has 0 saturated heterocycles. The van der Waals surface area contributed by atoms with Gasteiger partial charge in [-0.1, -0.05) is 28.9 Å². The van der Waals surface area contributed by atoms with Gasteiger partial charge in [-0.3, -0.25) is 4.79 Å². The van der Waals surface area contributed by atoms with Crippen molar-refractivity contribution < 1.29 is 9.32 Å². The van der Waals surface area contributed by atoms with Crippen molar-refractivity contribution in [2.45, 2.75) is 19.9 Å². The molecule has 1 unspecified atom stereocenters. The van der Waals surface area contributed by atoms with Crippen LogP contribution < -0.4 is 5.32 Å². The Balaban J connectivity index is 2.05. The second kappa shape index (κ2) is 5.23. The molecule has 1 heterocycles. The van der Waals surface area contributed by atoms with Crippen molar-refractivity contribution in [3.05, 3.63) is 52.4 Å². The van der Waals surface area contributed by atoms with Crippen LogP contribution in [-0.4, -0.2) is 11.1 Å². The van der Waals surface area contributed by atoms with Gasteiger partial charge in [-0.05, 0) is 31.5 Å². The Bertz CT molecular complexity index is 548. The van der Waals surface area contributed by atoms with Crippen LogP contribution in [0.1, 0.15) is 34.8 Å². The molecular formula is C13H13ClN2O2. The summed E-state index contributed by atoms with van der Waals surface area (Å²) >= 11 is 5.81. The number of hydrogen-bond donors (Lipinski definition) is 1. The minimum absolute atomic E-state index is 0.125. The number of halogens is 1. The average molecular weight is 265 g/mol. The predicted octanol–water partition coefficient (Wildman–Crippen LogP) is 3.13. The molecule has 1 N–H and O–H groups in total. The van der Waals surface area contributed by atoms with Crippen LogP contribution >= 0.6 is 11.6 Å². The molecule has 0 aliphatic carbocycles. The quantitative estimate of drug-likeness (QED) is 0.927. The molecule has 1 aromatic carbocycles. The number of carbonyl (C=O) groups excluding carboxylic acids is 1. The standard InChI is InChI=1S/C13H13ClN2O2/c1-8-7-12(18-16-8)13(17)15-9(2)10-3-5-11(14)6-4-10/h3-7,9H,1-2H3,(H,15,17). The first-order valence-electron chi connectivity index (χ1n) is 5.56. The van der Waals surface area contributed by atoms with Gasteiger partial charge in [0.25, 0.3) is 5.91 Å². The molecule has 1 atom stereocenters. The highest BCUT2D eigenvalue weighted by atomic mass is 35.5. The van der Waals surface area contributed by atoms with Crippen LogP contribution in [-0.2, 0) is 0 Å². The molecule has 1 aromatic heterocycles. The Labute approximate surface area is 110 Å². The molecular weight excluding hydrogens is 252 g/mol. The minimum atomic E-state index is -0.280. The van der Waals surface area contributed by atoms with E-state index in [0.29, 0.717) is 10.7 Å².